The predicted octanol–water partition coefficient (Wildman–Crippen LogP) is 1.28. The Kier molecular flexibility index (Phi) is 4.00. The summed E-state index contributed by atoms with van der Waals surface area (Å²) in [5, 5.41) is 0. The molecular weight excluding hydrogens is 361 g/mol. The molecule has 1 aromatic carbocycles. The normalized spacial score (nSPS) is 31.1. The third-order valence-electron chi connectivity index (χ3n) is 6.68. The minimum atomic E-state index is -0.273. The van der Waals surface area contributed by atoms with Crippen LogP contribution < -0.4 is 4.90 Å². The summed E-state index contributed by atoms with van der Waals surface area (Å²) < 4.78 is 14.0. The lowest BCUT2D eigenvalue weighted by molar-refractivity contribution is -0.147. The van der Waals surface area contributed by atoms with Crippen LogP contribution >= 0.6 is 0 Å². The summed E-state index contributed by atoms with van der Waals surface area (Å²) >= 11 is 0. The van der Waals surface area contributed by atoms with Gasteiger partial charge < -0.3 is 9.80 Å². The van der Waals surface area contributed by atoms with Crippen LogP contribution in [-0.2, 0) is 14.4 Å². The number of anilines is 1. The molecule has 1 aromatic rings. The molecule has 3 fully saturated rings. The van der Waals surface area contributed by atoms with E-state index in [4.69, 9.17) is 0 Å². The van der Waals surface area contributed by atoms with Gasteiger partial charge in [0, 0.05) is 26.2 Å². The van der Waals surface area contributed by atoms with E-state index in [1.807, 2.05) is 17.1 Å². The molecule has 4 aliphatic rings. The van der Waals surface area contributed by atoms with Crippen LogP contribution in [0.2, 0.25) is 0 Å². The standard InChI is InChI=1S/C21H22FN3O3/c22-15-3-1-2-4-16(15)23-7-9-24(10-8-23)17(26)12-25-20(27)18-13-5-6-14(11-13)19(18)21(25)28/h1-6,13-14,18-19H,7-12H2/t13-,14+,18?,19?. The molecule has 2 unspecified atom stereocenters. The molecule has 0 radical (unpaired) electrons. The van der Waals surface area contributed by atoms with Gasteiger partial charge in [-0.05, 0) is 30.4 Å². The molecule has 2 aliphatic carbocycles. The molecule has 0 spiro atoms. The summed E-state index contributed by atoms with van der Waals surface area (Å²) in [5.41, 5.74) is 0.537. The van der Waals surface area contributed by atoms with E-state index in [0.29, 0.717) is 31.9 Å². The second-order valence-corrected chi connectivity index (χ2v) is 8.08. The van der Waals surface area contributed by atoms with E-state index in [1.165, 1.54) is 11.0 Å². The van der Waals surface area contributed by atoms with Crippen molar-refractivity contribution in [3.8, 4) is 0 Å². The molecule has 4 atom stereocenters. The van der Waals surface area contributed by atoms with Crippen LogP contribution in [0.3, 0.4) is 0 Å². The fraction of sp³-hybridized carbons (Fsp3) is 0.476. The lowest BCUT2D eigenvalue weighted by atomic mass is 9.85. The molecule has 7 heteroatoms. The Hall–Kier alpha value is -2.70. The first kappa shape index (κ1) is 17.4. The predicted molar refractivity (Wildman–Crippen MR) is 99.6 cm³/mol. The maximum atomic E-state index is 14.0. The highest BCUT2D eigenvalue weighted by atomic mass is 19.1. The number of likely N-dealkylation sites (tertiary alicyclic amines) is 1. The van der Waals surface area contributed by atoms with Gasteiger partial charge in [-0.15, -0.1) is 0 Å². The minimum absolute atomic E-state index is 0.149. The van der Waals surface area contributed by atoms with Gasteiger partial charge in [-0.1, -0.05) is 24.3 Å². The average Bonchev–Trinajstić information content (AvgIpc) is 3.38. The van der Waals surface area contributed by atoms with Crippen LogP contribution in [0, 0.1) is 29.5 Å². The Morgan fingerprint density at radius 1 is 0.964 bits per heavy atom. The van der Waals surface area contributed by atoms with E-state index in [1.54, 1.807) is 23.1 Å². The number of para-hydroxylation sites is 1. The zero-order chi connectivity index (χ0) is 19.4. The molecule has 2 saturated heterocycles. The highest BCUT2D eigenvalue weighted by Gasteiger charge is 2.59. The number of allylic oxidation sites excluding steroid dienone is 2. The lowest BCUT2D eigenvalue weighted by Gasteiger charge is -2.36. The molecular formula is C21H22FN3O3. The molecule has 0 aromatic heterocycles. The molecule has 2 aliphatic heterocycles. The van der Waals surface area contributed by atoms with Crippen molar-refractivity contribution in [1.29, 1.82) is 0 Å². The smallest absolute Gasteiger partial charge is 0.242 e. The third-order valence-corrected chi connectivity index (χ3v) is 6.68. The maximum absolute atomic E-state index is 14.0. The van der Waals surface area contributed by atoms with Gasteiger partial charge in [0.25, 0.3) is 0 Å². The van der Waals surface area contributed by atoms with Gasteiger partial charge in [-0.25, -0.2) is 4.39 Å². The highest BCUT2D eigenvalue weighted by Crippen LogP contribution is 2.52. The average molecular weight is 383 g/mol. The Bertz CT molecular complexity index is 847. The zero-order valence-electron chi connectivity index (χ0n) is 15.5. The monoisotopic (exact) mass is 383 g/mol. The molecule has 6 nitrogen and oxygen atoms in total. The number of hydrogen-bond donors (Lipinski definition) is 0. The van der Waals surface area contributed by atoms with Gasteiger partial charge >= 0.3 is 0 Å². The molecule has 0 N–H and O–H groups in total. The van der Waals surface area contributed by atoms with Gasteiger partial charge in [-0.2, -0.15) is 0 Å². The first-order valence-corrected chi connectivity index (χ1v) is 9.85. The van der Waals surface area contributed by atoms with E-state index in [0.717, 1.165) is 6.42 Å². The van der Waals surface area contributed by atoms with Crippen molar-refractivity contribution in [1.82, 2.24) is 9.80 Å². The number of imide groups is 1. The van der Waals surface area contributed by atoms with Gasteiger partial charge in [-0.3, -0.25) is 19.3 Å². The Balaban J connectivity index is 1.21. The summed E-state index contributed by atoms with van der Waals surface area (Å²) in [6.07, 6.45) is 4.97. The number of halogens is 1. The number of fused-ring (bicyclic) bond motifs is 5. The van der Waals surface area contributed by atoms with E-state index in [9.17, 15) is 18.8 Å². The van der Waals surface area contributed by atoms with Crippen molar-refractivity contribution in [3.63, 3.8) is 0 Å². The first-order chi connectivity index (χ1) is 13.5. The molecule has 3 amide bonds. The number of carbonyl (C=O) groups excluding carboxylic acids is 3. The molecule has 1 saturated carbocycles. The van der Waals surface area contributed by atoms with Gasteiger partial charge in [0.15, 0.2) is 0 Å². The number of nitrogens with zero attached hydrogens (tertiary/aromatic N) is 3. The minimum Gasteiger partial charge on any atom is -0.366 e. The molecule has 2 heterocycles. The van der Waals surface area contributed by atoms with Crippen LogP contribution in [0.15, 0.2) is 36.4 Å². The molecule has 2 bridgehead atoms. The lowest BCUT2D eigenvalue weighted by Crippen LogP contribution is -2.52. The number of benzene rings is 1. The number of hydrogen-bond acceptors (Lipinski definition) is 4. The number of piperazine rings is 1. The van der Waals surface area contributed by atoms with Crippen molar-refractivity contribution in [2.24, 2.45) is 23.7 Å². The molecule has 5 rings (SSSR count). The molecule has 146 valence electrons. The van der Waals surface area contributed by atoms with Crippen molar-refractivity contribution < 1.29 is 18.8 Å². The second kappa shape index (κ2) is 6.43. The van der Waals surface area contributed by atoms with Crippen LogP contribution in [0.25, 0.3) is 0 Å². The quantitative estimate of drug-likeness (QED) is 0.583. The summed E-state index contributed by atoms with van der Waals surface area (Å²) in [5.74, 6) is -1.11. The summed E-state index contributed by atoms with van der Waals surface area (Å²) in [6, 6.07) is 6.60. The second-order valence-electron chi connectivity index (χ2n) is 8.08. The third kappa shape index (κ3) is 2.56. The van der Waals surface area contributed by atoms with E-state index >= 15 is 0 Å². The first-order valence-electron chi connectivity index (χ1n) is 9.85. The van der Waals surface area contributed by atoms with Gasteiger partial charge in [0.1, 0.15) is 12.4 Å². The summed E-state index contributed by atoms with van der Waals surface area (Å²) in [4.78, 5) is 42.9. The Labute approximate surface area is 162 Å². The fourth-order valence-corrected chi connectivity index (χ4v) is 5.26. The van der Waals surface area contributed by atoms with Gasteiger partial charge in [0.05, 0.1) is 17.5 Å². The van der Waals surface area contributed by atoms with Crippen LogP contribution in [0.1, 0.15) is 6.42 Å². The topological polar surface area (TPSA) is 60.9 Å². The van der Waals surface area contributed by atoms with Crippen molar-refractivity contribution in [3.05, 3.63) is 42.2 Å². The molecule has 28 heavy (non-hydrogen) atoms. The largest absolute Gasteiger partial charge is 0.366 e. The Morgan fingerprint density at radius 3 is 2.18 bits per heavy atom. The number of rotatable bonds is 3. The van der Waals surface area contributed by atoms with Crippen molar-refractivity contribution in [2.75, 3.05) is 37.6 Å². The fourth-order valence-electron chi connectivity index (χ4n) is 5.26. The zero-order valence-corrected chi connectivity index (χ0v) is 15.5. The number of amides is 3. The highest BCUT2D eigenvalue weighted by molar-refractivity contribution is 6.08. The van der Waals surface area contributed by atoms with Crippen LogP contribution in [0.4, 0.5) is 10.1 Å². The van der Waals surface area contributed by atoms with Crippen molar-refractivity contribution >= 4 is 23.4 Å². The number of carbonyl (C=O) groups is 3. The van der Waals surface area contributed by atoms with E-state index < -0.39 is 0 Å². The van der Waals surface area contributed by atoms with E-state index in [-0.39, 0.29) is 53.8 Å². The maximum Gasteiger partial charge on any atom is 0.242 e. The van der Waals surface area contributed by atoms with Gasteiger partial charge in [0.2, 0.25) is 17.7 Å². The van der Waals surface area contributed by atoms with Crippen LogP contribution in [-0.4, -0.2) is 60.2 Å². The van der Waals surface area contributed by atoms with Crippen molar-refractivity contribution in [2.45, 2.75) is 6.42 Å². The Morgan fingerprint density at radius 2 is 1.57 bits per heavy atom. The summed E-state index contributed by atoms with van der Waals surface area (Å²) in [6.45, 7) is 1.76. The summed E-state index contributed by atoms with van der Waals surface area (Å²) in [7, 11) is 0. The van der Waals surface area contributed by atoms with E-state index in [2.05, 4.69) is 0 Å². The van der Waals surface area contributed by atoms with Crippen LogP contribution in [0.5, 0.6) is 0 Å². The SMILES string of the molecule is O=C(CN1C(=O)C2C(C1=O)[C@H]1C=C[C@@H]2C1)N1CCN(c2ccccc2F)CC1.